The maximum Gasteiger partial charge on any atom is 0.276 e. The Morgan fingerprint density at radius 3 is 1.14 bits per heavy atom. The highest BCUT2D eigenvalue weighted by Gasteiger charge is 2.26. The number of nitrogens with zero attached hydrogens (tertiary/aromatic N) is 4. The molecule has 37 heavy (non-hydrogen) atoms. The van der Waals surface area contributed by atoms with Crippen LogP contribution in [-0.2, 0) is 20.0 Å². The van der Waals surface area contributed by atoms with E-state index in [1.165, 1.54) is 72.8 Å². The van der Waals surface area contributed by atoms with Crippen molar-refractivity contribution in [1.82, 2.24) is 0 Å². The van der Waals surface area contributed by atoms with Crippen LogP contribution < -0.4 is 13.3 Å². The van der Waals surface area contributed by atoms with Crippen molar-refractivity contribution in [2.24, 2.45) is 0 Å². The second kappa shape index (κ2) is 10.4. The van der Waals surface area contributed by atoms with Gasteiger partial charge < -0.3 is 4.74 Å². The third-order valence-corrected chi connectivity index (χ3v) is 8.40. The molecule has 0 atom stereocenters. The summed E-state index contributed by atoms with van der Waals surface area (Å²) in [5.41, 5.74) is 0.259. The first-order valence-corrected chi connectivity index (χ1v) is 13.5. The Morgan fingerprint density at radius 1 is 0.514 bits per heavy atom. The van der Waals surface area contributed by atoms with Crippen LogP contribution in [0.4, 0.5) is 11.4 Å². The van der Waals surface area contributed by atoms with E-state index in [4.69, 9.17) is 4.74 Å². The first-order chi connectivity index (χ1) is 17.8. The molecule has 0 amide bonds. The molecule has 4 rings (SSSR count). The average molecular weight is 531 g/mol. The van der Waals surface area contributed by atoms with Crippen molar-refractivity contribution in [2.75, 3.05) is 8.61 Å². The van der Waals surface area contributed by atoms with Gasteiger partial charge in [0.1, 0.15) is 11.5 Å². The fraction of sp³-hybridized carbons (Fsp3) is 0. The van der Waals surface area contributed by atoms with Crippen molar-refractivity contribution in [3.05, 3.63) is 109 Å². The first kappa shape index (κ1) is 25.3. The molecule has 4 aromatic carbocycles. The molecule has 4 aromatic rings. The SMILES string of the molecule is N#CN(c1ccc(Oc2ccc(N(C#N)S(=O)(=O)c3ccccc3)cc2)cc1)S(=O)(=O)c1ccccc1. The van der Waals surface area contributed by atoms with Crippen LogP contribution in [0.5, 0.6) is 11.5 Å². The summed E-state index contributed by atoms with van der Waals surface area (Å²) < 4.78 is 58.2. The van der Waals surface area contributed by atoms with E-state index in [1.807, 2.05) is 0 Å². The van der Waals surface area contributed by atoms with Crippen molar-refractivity contribution in [3.8, 4) is 23.9 Å². The van der Waals surface area contributed by atoms with Gasteiger partial charge in [-0.3, -0.25) is 0 Å². The van der Waals surface area contributed by atoms with Crippen LogP contribution in [0.2, 0.25) is 0 Å². The van der Waals surface area contributed by atoms with Gasteiger partial charge in [0.15, 0.2) is 12.4 Å². The second-order valence-electron chi connectivity index (χ2n) is 7.45. The van der Waals surface area contributed by atoms with Crippen LogP contribution in [0.15, 0.2) is 119 Å². The minimum absolute atomic E-state index is 0.0161. The highest BCUT2D eigenvalue weighted by Crippen LogP contribution is 2.30. The molecule has 0 N–H and O–H groups in total. The van der Waals surface area contributed by atoms with Gasteiger partial charge in [0.2, 0.25) is 0 Å². The Kier molecular flexibility index (Phi) is 7.11. The van der Waals surface area contributed by atoms with Gasteiger partial charge in [-0.2, -0.15) is 36.0 Å². The Morgan fingerprint density at radius 2 is 0.838 bits per heavy atom. The maximum absolute atomic E-state index is 12.8. The van der Waals surface area contributed by atoms with Gasteiger partial charge in [-0.15, -0.1) is 0 Å². The lowest BCUT2D eigenvalue weighted by molar-refractivity contribution is 0.483. The Hall–Kier alpha value is -4.84. The van der Waals surface area contributed by atoms with Crippen molar-refractivity contribution >= 4 is 31.4 Å². The number of nitriles is 2. The molecule has 0 aliphatic rings. The van der Waals surface area contributed by atoms with E-state index in [9.17, 15) is 27.4 Å². The number of hydrogen-bond donors (Lipinski definition) is 0. The van der Waals surface area contributed by atoms with E-state index in [0.717, 1.165) is 0 Å². The molecule has 184 valence electrons. The van der Waals surface area contributed by atoms with E-state index < -0.39 is 20.0 Å². The second-order valence-corrected chi connectivity index (χ2v) is 11.0. The molecular weight excluding hydrogens is 512 g/mol. The molecule has 0 fully saturated rings. The Bertz CT molecular complexity index is 1550. The zero-order valence-corrected chi connectivity index (χ0v) is 20.7. The van der Waals surface area contributed by atoms with Gasteiger partial charge >= 0.3 is 0 Å². The van der Waals surface area contributed by atoms with Crippen molar-refractivity contribution < 1.29 is 21.6 Å². The Balaban J connectivity index is 1.51. The van der Waals surface area contributed by atoms with Crippen LogP contribution in [0.1, 0.15) is 0 Å². The smallest absolute Gasteiger partial charge is 0.276 e. The van der Waals surface area contributed by atoms with Crippen LogP contribution in [-0.4, -0.2) is 16.8 Å². The quantitative estimate of drug-likeness (QED) is 0.235. The molecule has 0 saturated heterocycles. The van der Waals surface area contributed by atoms with Crippen molar-refractivity contribution in [3.63, 3.8) is 0 Å². The lowest BCUT2D eigenvalue weighted by Crippen LogP contribution is -2.25. The fourth-order valence-corrected chi connectivity index (χ4v) is 5.77. The molecule has 0 saturated carbocycles. The number of anilines is 2. The van der Waals surface area contributed by atoms with Gasteiger partial charge in [0.25, 0.3) is 20.0 Å². The van der Waals surface area contributed by atoms with Gasteiger partial charge in [0.05, 0.1) is 21.2 Å². The molecule has 0 aliphatic carbocycles. The lowest BCUT2D eigenvalue weighted by atomic mass is 10.3. The summed E-state index contributed by atoms with van der Waals surface area (Å²) >= 11 is 0. The van der Waals surface area contributed by atoms with Crippen LogP contribution in [0, 0.1) is 22.9 Å². The third kappa shape index (κ3) is 5.23. The summed E-state index contributed by atoms with van der Waals surface area (Å²) in [6.07, 6.45) is 3.39. The van der Waals surface area contributed by atoms with Crippen LogP contribution >= 0.6 is 0 Å². The maximum atomic E-state index is 12.8. The lowest BCUT2D eigenvalue weighted by Gasteiger charge is -2.17. The minimum atomic E-state index is -4.07. The Labute approximate surface area is 214 Å². The molecule has 0 spiro atoms. The summed E-state index contributed by atoms with van der Waals surface area (Å²) in [4.78, 5) is -0.0321. The van der Waals surface area contributed by atoms with E-state index in [1.54, 1.807) is 48.8 Å². The standard InChI is InChI=1S/C26H18N4O5S2/c27-19-29(36(31,32)25-7-3-1-4-8-25)21-11-15-23(16-12-21)35-24-17-13-22(14-18-24)30(20-28)37(33,34)26-9-5-2-6-10-26/h1-18H. The third-order valence-electron chi connectivity index (χ3n) is 5.12. The summed E-state index contributed by atoms with van der Waals surface area (Å²) in [7, 11) is -8.14. The van der Waals surface area contributed by atoms with Gasteiger partial charge in [-0.25, -0.2) is 0 Å². The monoisotopic (exact) mass is 530 g/mol. The summed E-state index contributed by atoms with van der Waals surface area (Å²) in [6, 6.07) is 26.9. The molecule has 9 nitrogen and oxygen atoms in total. The number of hydrogen-bond acceptors (Lipinski definition) is 7. The first-order valence-electron chi connectivity index (χ1n) is 10.7. The predicted molar refractivity (Wildman–Crippen MR) is 136 cm³/mol. The highest BCUT2D eigenvalue weighted by atomic mass is 32.2. The molecule has 0 aliphatic heterocycles. The minimum Gasteiger partial charge on any atom is -0.457 e. The number of ether oxygens (including phenoxy) is 1. The molecule has 0 heterocycles. The molecule has 0 radical (unpaired) electrons. The van der Waals surface area contributed by atoms with E-state index in [0.29, 0.717) is 20.1 Å². The number of rotatable bonds is 8. The summed E-state index contributed by atoms with van der Waals surface area (Å²) in [5, 5.41) is 19.0. The molecule has 0 aromatic heterocycles. The van der Waals surface area contributed by atoms with Gasteiger partial charge in [-0.1, -0.05) is 36.4 Å². The van der Waals surface area contributed by atoms with Gasteiger partial charge in [0, 0.05) is 0 Å². The fourth-order valence-electron chi connectivity index (χ4n) is 3.33. The summed E-state index contributed by atoms with van der Waals surface area (Å²) in [5.74, 6) is 0.695. The van der Waals surface area contributed by atoms with Crippen LogP contribution in [0.25, 0.3) is 0 Å². The van der Waals surface area contributed by atoms with Crippen molar-refractivity contribution in [1.29, 1.82) is 10.5 Å². The van der Waals surface area contributed by atoms with E-state index in [-0.39, 0.29) is 21.2 Å². The largest absolute Gasteiger partial charge is 0.457 e. The molecule has 11 heteroatoms. The van der Waals surface area contributed by atoms with Crippen LogP contribution in [0.3, 0.4) is 0 Å². The molecular formula is C26H18N4O5S2. The average Bonchev–Trinajstić information content (AvgIpc) is 2.92. The van der Waals surface area contributed by atoms with Crippen molar-refractivity contribution in [2.45, 2.75) is 9.79 Å². The summed E-state index contributed by atoms with van der Waals surface area (Å²) in [6.45, 7) is 0. The van der Waals surface area contributed by atoms with E-state index >= 15 is 0 Å². The zero-order chi connectivity index (χ0) is 26.5. The molecule has 0 bridgehead atoms. The number of benzene rings is 4. The predicted octanol–water partition coefficient (Wildman–Crippen LogP) is 4.83. The van der Waals surface area contributed by atoms with E-state index in [2.05, 4.69) is 0 Å². The molecule has 0 unspecified atom stereocenters. The highest BCUT2D eigenvalue weighted by molar-refractivity contribution is 7.93. The van der Waals surface area contributed by atoms with Gasteiger partial charge in [-0.05, 0) is 72.8 Å². The zero-order valence-electron chi connectivity index (χ0n) is 19.0. The number of sulfonamides is 2. The topological polar surface area (TPSA) is 132 Å². The normalized spacial score (nSPS) is 11.1.